The van der Waals surface area contributed by atoms with Crippen molar-refractivity contribution in [3.63, 3.8) is 0 Å². The summed E-state index contributed by atoms with van der Waals surface area (Å²) in [5, 5.41) is 8.31. The first-order chi connectivity index (χ1) is 15.2. The number of hydrogen-bond donors (Lipinski definition) is 3. The normalized spacial score (nSPS) is 14.9. The van der Waals surface area contributed by atoms with E-state index < -0.39 is 10.0 Å². The van der Waals surface area contributed by atoms with Gasteiger partial charge >= 0.3 is 6.03 Å². The first-order valence-electron chi connectivity index (χ1n) is 10.8. The second-order valence-corrected chi connectivity index (χ2v) is 10.2. The number of anilines is 1. The van der Waals surface area contributed by atoms with Gasteiger partial charge in [0.25, 0.3) is 5.91 Å². The molecule has 0 bridgehead atoms. The zero-order valence-corrected chi connectivity index (χ0v) is 19.5. The van der Waals surface area contributed by atoms with Gasteiger partial charge in [-0.1, -0.05) is 18.6 Å². The molecule has 0 atom stereocenters. The zero-order chi connectivity index (χ0) is 23.3. The molecule has 3 N–H and O–H groups in total. The van der Waals surface area contributed by atoms with Gasteiger partial charge in [0.15, 0.2) is 0 Å². The van der Waals surface area contributed by atoms with Crippen LogP contribution in [-0.2, 0) is 23.6 Å². The van der Waals surface area contributed by atoms with Gasteiger partial charge in [0, 0.05) is 44.6 Å². The molecule has 1 saturated heterocycles. The third kappa shape index (κ3) is 5.89. The van der Waals surface area contributed by atoms with Crippen LogP contribution in [0.3, 0.4) is 0 Å². The van der Waals surface area contributed by atoms with Gasteiger partial charge in [-0.05, 0) is 50.5 Å². The van der Waals surface area contributed by atoms with Crippen molar-refractivity contribution in [2.45, 2.75) is 50.6 Å². The molecule has 3 rings (SSSR count). The van der Waals surface area contributed by atoms with Crippen molar-refractivity contribution >= 4 is 27.6 Å². The number of sulfonamides is 1. The molecule has 174 valence electrons. The van der Waals surface area contributed by atoms with E-state index in [1.54, 1.807) is 19.2 Å². The number of piperidine rings is 1. The van der Waals surface area contributed by atoms with Crippen molar-refractivity contribution in [1.82, 2.24) is 19.5 Å². The maximum atomic E-state index is 12.9. The molecule has 0 aliphatic carbocycles. The van der Waals surface area contributed by atoms with E-state index in [-0.39, 0.29) is 35.1 Å². The minimum atomic E-state index is -3.59. The molecular formula is C22H31N5O4S. The number of benzene rings is 1. The standard InChI is InChI=1S/C22H31N5O4S/c1-16(2)24-22(29)25-18-9-7-17(8-10-18)14-23-21(28)20-13-19(15-26(20)3)32(30,31)27-11-5-4-6-12-27/h7-10,13,15-16H,4-6,11-12,14H2,1-3H3,(H,23,28)(H2,24,25,29). The van der Waals surface area contributed by atoms with Gasteiger partial charge in [0.1, 0.15) is 10.6 Å². The Balaban J connectivity index is 1.60. The molecule has 0 spiro atoms. The summed E-state index contributed by atoms with van der Waals surface area (Å²) < 4.78 is 28.8. The highest BCUT2D eigenvalue weighted by Crippen LogP contribution is 2.22. The lowest BCUT2D eigenvalue weighted by molar-refractivity contribution is 0.0942. The van der Waals surface area contributed by atoms with Gasteiger partial charge in [0.05, 0.1) is 0 Å². The Hall–Kier alpha value is -2.85. The number of hydrogen-bond acceptors (Lipinski definition) is 4. The van der Waals surface area contributed by atoms with Crippen LogP contribution in [0.1, 0.15) is 49.2 Å². The highest BCUT2D eigenvalue weighted by atomic mass is 32.2. The van der Waals surface area contributed by atoms with Crippen LogP contribution in [0.4, 0.5) is 10.5 Å². The van der Waals surface area contributed by atoms with E-state index in [0.29, 0.717) is 18.8 Å². The number of aryl methyl sites for hydroxylation is 1. The predicted octanol–water partition coefficient (Wildman–Crippen LogP) is 2.66. The molecule has 9 nitrogen and oxygen atoms in total. The summed E-state index contributed by atoms with van der Waals surface area (Å²) in [5.74, 6) is -0.355. The van der Waals surface area contributed by atoms with E-state index in [4.69, 9.17) is 0 Å². The summed E-state index contributed by atoms with van der Waals surface area (Å²) in [6.45, 7) is 5.07. The lowest BCUT2D eigenvalue weighted by atomic mass is 10.2. The van der Waals surface area contributed by atoms with Crippen LogP contribution < -0.4 is 16.0 Å². The molecule has 1 fully saturated rings. The zero-order valence-electron chi connectivity index (χ0n) is 18.7. The fourth-order valence-corrected chi connectivity index (χ4v) is 5.15. The third-order valence-electron chi connectivity index (χ3n) is 5.25. The highest BCUT2D eigenvalue weighted by molar-refractivity contribution is 7.89. The summed E-state index contributed by atoms with van der Waals surface area (Å²) in [4.78, 5) is 24.6. The van der Waals surface area contributed by atoms with Crippen molar-refractivity contribution < 1.29 is 18.0 Å². The predicted molar refractivity (Wildman–Crippen MR) is 123 cm³/mol. The van der Waals surface area contributed by atoms with Gasteiger partial charge in [0.2, 0.25) is 10.0 Å². The molecule has 1 aliphatic rings. The minimum absolute atomic E-state index is 0.0392. The number of nitrogens with one attached hydrogen (secondary N) is 3. The molecule has 32 heavy (non-hydrogen) atoms. The Labute approximate surface area is 189 Å². The van der Waals surface area contributed by atoms with Gasteiger partial charge < -0.3 is 20.5 Å². The molecule has 1 aromatic carbocycles. The van der Waals surface area contributed by atoms with Crippen molar-refractivity contribution in [2.24, 2.45) is 7.05 Å². The molecule has 0 unspecified atom stereocenters. The lowest BCUT2D eigenvalue weighted by Gasteiger charge is -2.25. The number of urea groups is 1. The Morgan fingerprint density at radius 1 is 1.06 bits per heavy atom. The number of carbonyl (C=O) groups is 2. The molecule has 1 aromatic heterocycles. The summed E-state index contributed by atoms with van der Waals surface area (Å²) in [5.41, 5.74) is 1.78. The summed E-state index contributed by atoms with van der Waals surface area (Å²) in [6, 6.07) is 8.32. The second-order valence-electron chi connectivity index (χ2n) is 8.27. The minimum Gasteiger partial charge on any atom is -0.347 e. The SMILES string of the molecule is CC(C)NC(=O)Nc1ccc(CNC(=O)c2cc(S(=O)(=O)N3CCCCC3)cn2C)cc1. The van der Waals surface area contributed by atoms with Gasteiger partial charge in [-0.3, -0.25) is 4.79 Å². The van der Waals surface area contributed by atoms with Gasteiger partial charge in [-0.2, -0.15) is 4.31 Å². The van der Waals surface area contributed by atoms with Crippen molar-refractivity contribution in [3.8, 4) is 0 Å². The van der Waals surface area contributed by atoms with Gasteiger partial charge in [-0.15, -0.1) is 0 Å². The number of rotatable bonds is 7. The quantitative estimate of drug-likeness (QED) is 0.588. The van der Waals surface area contributed by atoms with Crippen LogP contribution in [0.15, 0.2) is 41.4 Å². The molecule has 2 aromatic rings. The molecule has 0 radical (unpaired) electrons. The first-order valence-corrected chi connectivity index (χ1v) is 12.2. The van der Waals surface area contributed by atoms with E-state index in [2.05, 4.69) is 16.0 Å². The van der Waals surface area contributed by atoms with E-state index in [1.807, 2.05) is 26.0 Å². The molecule has 10 heteroatoms. The second kappa shape index (κ2) is 10.2. The van der Waals surface area contributed by atoms with E-state index in [1.165, 1.54) is 21.1 Å². The highest BCUT2D eigenvalue weighted by Gasteiger charge is 2.28. The number of carbonyl (C=O) groups excluding carboxylic acids is 2. The Morgan fingerprint density at radius 2 is 1.72 bits per heavy atom. The van der Waals surface area contributed by atoms with Crippen LogP contribution in [0.25, 0.3) is 0 Å². The van der Waals surface area contributed by atoms with Crippen LogP contribution in [0.2, 0.25) is 0 Å². The van der Waals surface area contributed by atoms with Crippen molar-refractivity contribution in [3.05, 3.63) is 47.8 Å². The van der Waals surface area contributed by atoms with Crippen LogP contribution >= 0.6 is 0 Å². The molecule has 1 aliphatic heterocycles. The number of amides is 3. The summed E-state index contributed by atoms with van der Waals surface area (Å²) >= 11 is 0. The topological polar surface area (TPSA) is 113 Å². The van der Waals surface area contributed by atoms with Crippen molar-refractivity contribution in [1.29, 1.82) is 0 Å². The average molecular weight is 462 g/mol. The molecule has 2 heterocycles. The fraction of sp³-hybridized carbons (Fsp3) is 0.455. The Bertz CT molecular complexity index is 1050. The Kier molecular flexibility index (Phi) is 7.57. The summed E-state index contributed by atoms with van der Waals surface area (Å²) in [6.07, 6.45) is 4.24. The van der Waals surface area contributed by atoms with Crippen LogP contribution in [-0.4, -0.2) is 48.4 Å². The van der Waals surface area contributed by atoms with E-state index in [0.717, 1.165) is 24.8 Å². The van der Waals surface area contributed by atoms with Crippen LogP contribution in [0.5, 0.6) is 0 Å². The Morgan fingerprint density at radius 3 is 2.34 bits per heavy atom. The monoisotopic (exact) mass is 461 g/mol. The number of aromatic nitrogens is 1. The smallest absolute Gasteiger partial charge is 0.319 e. The fourth-order valence-electron chi connectivity index (χ4n) is 3.56. The molecular weight excluding hydrogens is 430 g/mol. The van der Waals surface area contributed by atoms with Crippen molar-refractivity contribution in [2.75, 3.05) is 18.4 Å². The van der Waals surface area contributed by atoms with Crippen LogP contribution in [0, 0.1) is 0 Å². The number of nitrogens with zero attached hydrogens (tertiary/aromatic N) is 2. The lowest BCUT2D eigenvalue weighted by Crippen LogP contribution is -2.35. The van der Waals surface area contributed by atoms with Gasteiger partial charge in [-0.25, -0.2) is 13.2 Å². The first kappa shape index (κ1) is 23.8. The molecule has 3 amide bonds. The maximum absolute atomic E-state index is 12.9. The third-order valence-corrected chi connectivity index (χ3v) is 7.11. The summed E-state index contributed by atoms with van der Waals surface area (Å²) in [7, 11) is -1.93. The maximum Gasteiger partial charge on any atom is 0.319 e. The largest absolute Gasteiger partial charge is 0.347 e. The van der Waals surface area contributed by atoms with E-state index in [9.17, 15) is 18.0 Å². The average Bonchev–Trinajstić information content (AvgIpc) is 3.15. The molecule has 0 saturated carbocycles. The van der Waals surface area contributed by atoms with E-state index >= 15 is 0 Å².